The van der Waals surface area contributed by atoms with Crippen molar-refractivity contribution in [3.05, 3.63) is 71.8 Å². The predicted molar refractivity (Wildman–Crippen MR) is 87.8 cm³/mol. The van der Waals surface area contributed by atoms with E-state index < -0.39 is 0 Å². The van der Waals surface area contributed by atoms with Gasteiger partial charge < -0.3 is 4.90 Å². The fourth-order valence-electron chi connectivity index (χ4n) is 2.94. The van der Waals surface area contributed by atoms with Gasteiger partial charge in [0.25, 0.3) is 5.91 Å². The molecule has 0 bridgehead atoms. The molecule has 1 amide bonds. The van der Waals surface area contributed by atoms with Crippen molar-refractivity contribution in [1.82, 2.24) is 15.0 Å². The van der Waals surface area contributed by atoms with E-state index in [0.717, 1.165) is 18.5 Å². The molecule has 0 aliphatic carbocycles. The van der Waals surface area contributed by atoms with E-state index >= 15 is 0 Å². The van der Waals surface area contributed by atoms with E-state index in [1.165, 1.54) is 28.7 Å². The van der Waals surface area contributed by atoms with Crippen molar-refractivity contribution in [2.75, 3.05) is 11.4 Å². The molecule has 3 aromatic rings. The minimum absolute atomic E-state index is 0.171. The molecule has 0 unspecified atom stereocenters. The van der Waals surface area contributed by atoms with Crippen LogP contribution < -0.4 is 4.90 Å². The number of aromatic nitrogens is 3. The van der Waals surface area contributed by atoms with Crippen molar-refractivity contribution in [2.45, 2.75) is 12.8 Å². The Bertz CT molecular complexity index is 888. The van der Waals surface area contributed by atoms with Crippen LogP contribution in [0.25, 0.3) is 5.69 Å². The van der Waals surface area contributed by atoms with Gasteiger partial charge in [0.05, 0.1) is 11.9 Å². The number of anilines is 1. The summed E-state index contributed by atoms with van der Waals surface area (Å²) in [6.45, 7) is 0.666. The van der Waals surface area contributed by atoms with E-state index in [1.54, 1.807) is 17.0 Å². The van der Waals surface area contributed by atoms with Crippen LogP contribution in [-0.4, -0.2) is 27.4 Å². The Labute approximate surface area is 138 Å². The van der Waals surface area contributed by atoms with Gasteiger partial charge in [-0.1, -0.05) is 18.2 Å². The number of halogens is 1. The lowest BCUT2D eigenvalue weighted by atomic mass is 10.0. The first kappa shape index (κ1) is 14.6. The van der Waals surface area contributed by atoms with E-state index in [0.29, 0.717) is 12.2 Å². The fourth-order valence-corrected chi connectivity index (χ4v) is 2.94. The molecule has 0 N–H and O–H groups in total. The molecule has 0 fully saturated rings. The van der Waals surface area contributed by atoms with E-state index in [1.807, 2.05) is 24.3 Å². The third kappa shape index (κ3) is 2.56. The Kier molecular flexibility index (Phi) is 3.57. The molecule has 1 aliphatic heterocycles. The molecule has 2 aromatic carbocycles. The highest BCUT2D eigenvalue weighted by molar-refractivity contribution is 6.05. The number of fused-ring (bicyclic) bond motifs is 1. The van der Waals surface area contributed by atoms with Gasteiger partial charge in [-0.3, -0.25) is 4.79 Å². The molecule has 0 saturated carbocycles. The maximum atomic E-state index is 13.0. The average molecular weight is 322 g/mol. The Morgan fingerprint density at radius 3 is 2.71 bits per heavy atom. The molecular formula is C18H15FN4O. The lowest BCUT2D eigenvalue weighted by Gasteiger charge is -2.28. The highest BCUT2D eigenvalue weighted by atomic mass is 19.1. The van der Waals surface area contributed by atoms with Gasteiger partial charge in [-0.05, 0) is 48.7 Å². The minimum atomic E-state index is -0.327. The van der Waals surface area contributed by atoms with Gasteiger partial charge in [0, 0.05) is 12.2 Å². The van der Waals surface area contributed by atoms with Crippen molar-refractivity contribution < 1.29 is 9.18 Å². The van der Waals surface area contributed by atoms with E-state index in [9.17, 15) is 9.18 Å². The Morgan fingerprint density at radius 2 is 1.88 bits per heavy atom. The largest absolute Gasteiger partial charge is 0.307 e. The quantitative estimate of drug-likeness (QED) is 0.729. The standard InChI is InChI=1S/C18H15FN4O/c19-14-7-9-15(10-8-14)23-20-12-16(21-23)18(24)22-11-3-5-13-4-1-2-6-17(13)22/h1-2,4,6-10,12H,3,5,11H2. The molecule has 0 atom stereocenters. The maximum Gasteiger partial charge on any atom is 0.280 e. The van der Waals surface area contributed by atoms with Crippen LogP contribution in [-0.2, 0) is 6.42 Å². The third-order valence-electron chi connectivity index (χ3n) is 4.12. The molecule has 1 aromatic heterocycles. The summed E-state index contributed by atoms with van der Waals surface area (Å²) >= 11 is 0. The first-order valence-corrected chi connectivity index (χ1v) is 7.80. The van der Waals surface area contributed by atoms with Crippen LogP contribution in [0.4, 0.5) is 10.1 Å². The smallest absolute Gasteiger partial charge is 0.280 e. The number of hydrogen-bond acceptors (Lipinski definition) is 3. The highest BCUT2D eigenvalue weighted by Gasteiger charge is 2.25. The number of nitrogens with zero attached hydrogens (tertiary/aromatic N) is 4. The normalized spacial score (nSPS) is 13.6. The second-order valence-corrected chi connectivity index (χ2v) is 5.68. The third-order valence-corrected chi connectivity index (χ3v) is 4.12. The number of rotatable bonds is 2. The number of carbonyl (C=O) groups is 1. The molecule has 120 valence electrons. The molecule has 24 heavy (non-hydrogen) atoms. The molecule has 0 saturated heterocycles. The second kappa shape index (κ2) is 5.88. The maximum absolute atomic E-state index is 13.0. The van der Waals surface area contributed by atoms with Gasteiger partial charge in [-0.25, -0.2) is 4.39 Å². The van der Waals surface area contributed by atoms with Crippen molar-refractivity contribution in [2.24, 2.45) is 0 Å². The first-order valence-electron chi connectivity index (χ1n) is 7.80. The number of para-hydroxylation sites is 1. The minimum Gasteiger partial charge on any atom is -0.307 e. The summed E-state index contributed by atoms with van der Waals surface area (Å²) in [6.07, 6.45) is 3.35. The lowest BCUT2D eigenvalue weighted by molar-refractivity contribution is 0.0980. The topological polar surface area (TPSA) is 51.0 Å². The van der Waals surface area contributed by atoms with Gasteiger partial charge in [0.2, 0.25) is 0 Å². The van der Waals surface area contributed by atoms with Crippen molar-refractivity contribution >= 4 is 11.6 Å². The zero-order valence-corrected chi connectivity index (χ0v) is 12.9. The zero-order chi connectivity index (χ0) is 16.5. The number of carbonyl (C=O) groups excluding carboxylic acids is 1. The number of amides is 1. The monoisotopic (exact) mass is 322 g/mol. The SMILES string of the molecule is O=C(c1cnn(-c2ccc(F)cc2)n1)N1CCCc2ccccc21. The number of aryl methyl sites for hydroxylation is 1. The van der Waals surface area contributed by atoms with Crippen molar-refractivity contribution in [1.29, 1.82) is 0 Å². The molecule has 0 radical (unpaired) electrons. The van der Waals surface area contributed by atoms with Crippen LogP contribution in [0.2, 0.25) is 0 Å². The number of benzene rings is 2. The molecule has 2 heterocycles. The summed E-state index contributed by atoms with van der Waals surface area (Å²) in [5.41, 5.74) is 2.98. The van der Waals surface area contributed by atoms with Gasteiger partial charge in [-0.15, -0.1) is 5.10 Å². The average Bonchev–Trinajstić information content (AvgIpc) is 3.11. The lowest BCUT2D eigenvalue weighted by Crippen LogP contribution is -2.35. The highest BCUT2D eigenvalue weighted by Crippen LogP contribution is 2.27. The van der Waals surface area contributed by atoms with Crippen molar-refractivity contribution in [3.63, 3.8) is 0 Å². The van der Waals surface area contributed by atoms with Crippen LogP contribution in [0.3, 0.4) is 0 Å². The molecule has 4 rings (SSSR count). The number of hydrogen-bond donors (Lipinski definition) is 0. The van der Waals surface area contributed by atoms with E-state index in [4.69, 9.17) is 0 Å². The summed E-state index contributed by atoms with van der Waals surface area (Å²) in [7, 11) is 0. The Morgan fingerprint density at radius 1 is 1.08 bits per heavy atom. The van der Waals surface area contributed by atoms with Crippen LogP contribution in [0.5, 0.6) is 0 Å². The van der Waals surface area contributed by atoms with Gasteiger partial charge in [0.15, 0.2) is 5.69 Å². The van der Waals surface area contributed by atoms with Crippen LogP contribution in [0, 0.1) is 5.82 Å². The van der Waals surface area contributed by atoms with E-state index in [-0.39, 0.29) is 17.4 Å². The van der Waals surface area contributed by atoms with Gasteiger partial charge in [0.1, 0.15) is 5.82 Å². The van der Waals surface area contributed by atoms with Gasteiger partial charge in [-0.2, -0.15) is 9.90 Å². The summed E-state index contributed by atoms with van der Waals surface area (Å²) in [5, 5.41) is 8.37. The molecule has 5 nitrogen and oxygen atoms in total. The Balaban J connectivity index is 1.63. The molecule has 1 aliphatic rings. The second-order valence-electron chi connectivity index (χ2n) is 5.68. The van der Waals surface area contributed by atoms with Crippen LogP contribution >= 0.6 is 0 Å². The van der Waals surface area contributed by atoms with Crippen LogP contribution in [0.1, 0.15) is 22.5 Å². The summed E-state index contributed by atoms with van der Waals surface area (Å²) in [5.74, 6) is -0.498. The summed E-state index contributed by atoms with van der Waals surface area (Å²) in [6, 6.07) is 13.7. The molecular weight excluding hydrogens is 307 g/mol. The predicted octanol–water partition coefficient (Wildman–Crippen LogP) is 3.00. The van der Waals surface area contributed by atoms with Crippen LogP contribution in [0.15, 0.2) is 54.7 Å². The van der Waals surface area contributed by atoms with Crippen molar-refractivity contribution in [3.8, 4) is 5.69 Å². The van der Waals surface area contributed by atoms with Gasteiger partial charge >= 0.3 is 0 Å². The summed E-state index contributed by atoms with van der Waals surface area (Å²) in [4.78, 5) is 15.9. The Hall–Kier alpha value is -3.02. The summed E-state index contributed by atoms with van der Waals surface area (Å²) < 4.78 is 13.0. The molecule has 6 heteroatoms. The fraction of sp³-hybridized carbons (Fsp3) is 0.167. The van der Waals surface area contributed by atoms with E-state index in [2.05, 4.69) is 10.2 Å². The zero-order valence-electron chi connectivity index (χ0n) is 12.9. The molecule has 0 spiro atoms. The first-order chi connectivity index (χ1) is 11.7.